The first-order valence-electron chi connectivity index (χ1n) is 8.36. The van der Waals surface area contributed by atoms with Crippen molar-refractivity contribution in [2.24, 2.45) is 5.10 Å². The summed E-state index contributed by atoms with van der Waals surface area (Å²) in [6.07, 6.45) is 3.08. The molecule has 126 valence electrons. The van der Waals surface area contributed by atoms with Gasteiger partial charge in [0.25, 0.3) is 5.91 Å². The van der Waals surface area contributed by atoms with Gasteiger partial charge in [-0.1, -0.05) is 30.3 Å². The molecule has 1 saturated heterocycles. The summed E-state index contributed by atoms with van der Waals surface area (Å²) >= 11 is 0. The number of nitrogens with zero attached hydrogens (tertiary/aromatic N) is 1. The second kappa shape index (κ2) is 8.42. The average Bonchev–Trinajstić information content (AvgIpc) is 3.11. The monoisotopic (exact) mass is 328 g/mol. The molecule has 1 aliphatic heterocycles. The number of nitrogens with one attached hydrogen (secondary N) is 3. The smallest absolute Gasteiger partial charge is 0.295 e. The van der Waals surface area contributed by atoms with E-state index in [-0.39, 0.29) is 5.91 Å². The minimum absolute atomic E-state index is 0.0562. The third-order valence-corrected chi connectivity index (χ3v) is 4.30. The van der Waals surface area contributed by atoms with Gasteiger partial charge in [-0.2, -0.15) is 5.10 Å². The Bertz CT molecular complexity index is 647. The van der Waals surface area contributed by atoms with Crippen molar-refractivity contribution in [3.05, 3.63) is 60.1 Å². The van der Waals surface area contributed by atoms with Crippen LogP contribution in [0.1, 0.15) is 11.3 Å². The molecule has 0 unspecified atom stereocenters. The maximum absolute atomic E-state index is 11.9. The van der Waals surface area contributed by atoms with Gasteiger partial charge in [0.2, 0.25) is 0 Å². The Hall–Kier alpha value is -2.44. The number of carbonyl (C=O) groups excluding carboxylic acids is 1. The van der Waals surface area contributed by atoms with Crippen molar-refractivity contribution in [2.45, 2.75) is 6.54 Å². The number of quaternary nitrogens is 2. The van der Waals surface area contributed by atoms with Gasteiger partial charge in [-0.05, 0) is 12.1 Å². The number of hydrogen-bond acceptors (Lipinski definition) is 3. The van der Waals surface area contributed by atoms with Crippen LogP contribution in [0.25, 0.3) is 0 Å². The maximum atomic E-state index is 11.9. The van der Waals surface area contributed by atoms with Crippen molar-refractivity contribution in [2.75, 3.05) is 32.7 Å². The number of amides is 1. The Labute approximate surface area is 141 Å². The zero-order chi connectivity index (χ0) is 16.6. The van der Waals surface area contributed by atoms with E-state index >= 15 is 0 Å². The second-order valence-electron chi connectivity index (χ2n) is 6.15. The summed E-state index contributed by atoms with van der Waals surface area (Å²) in [5, 5.41) is 3.91. The van der Waals surface area contributed by atoms with E-state index in [0.29, 0.717) is 12.3 Å². The number of hydrazone groups is 1. The van der Waals surface area contributed by atoms with E-state index in [1.54, 1.807) is 23.3 Å². The lowest BCUT2D eigenvalue weighted by molar-refractivity contribution is -1.02. The molecular formula is C18H24N4O2+2. The fourth-order valence-corrected chi connectivity index (χ4v) is 2.99. The Kier molecular flexibility index (Phi) is 5.76. The van der Waals surface area contributed by atoms with Crippen molar-refractivity contribution in [3.8, 4) is 0 Å². The molecule has 0 atom stereocenters. The molecule has 2 aromatic rings. The Morgan fingerprint density at radius 3 is 2.54 bits per heavy atom. The predicted octanol–water partition coefficient (Wildman–Crippen LogP) is -1.29. The molecule has 0 bridgehead atoms. The highest BCUT2D eigenvalue weighted by atomic mass is 16.3. The molecule has 1 fully saturated rings. The van der Waals surface area contributed by atoms with Gasteiger partial charge in [-0.3, -0.25) is 4.79 Å². The molecule has 0 radical (unpaired) electrons. The normalized spacial score (nSPS) is 21.0. The van der Waals surface area contributed by atoms with Crippen LogP contribution >= 0.6 is 0 Å². The van der Waals surface area contributed by atoms with Crippen molar-refractivity contribution >= 4 is 12.1 Å². The molecule has 2 heterocycles. The molecule has 0 saturated carbocycles. The topological polar surface area (TPSA) is 63.5 Å². The first-order valence-corrected chi connectivity index (χ1v) is 8.36. The molecule has 1 aromatic carbocycles. The fraction of sp³-hybridized carbons (Fsp3) is 0.333. The summed E-state index contributed by atoms with van der Waals surface area (Å²) in [7, 11) is 0. The molecule has 0 aliphatic carbocycles. The van der Waals surface area contributed by atoms with Crippen LogP contribution in [-0.4, -0.2) is 44.8 Å². The molecule has 0 spiro atoms. The van der Waals surface area contributed by atoms with Crippen LogP contribution in [0.5, 0.6) is 0 Å². The second-order valence-corrected chi connectivity index (χ2v) is 6.15. The standard InChI is InChI=1S/C18H22N4O2/c23-18(20-19-13-17-7-4-12-24-17)15-22-10-8-21(9-11-22)14-16-5-2-1-3-6-16/h1-7,12-13H,8-11,14-15H2,(H,20,23)/p+2. The Morgan fingerprint density at radius 1 is 1.08 bits per heavy atom. The summed E-state index contributed by atoms with van der Waals surface area (Å²) in [4.78, 5) is 14.8. The van der Waals surface area contributed by atoms with Gasteiger partial charge in [-0.15, -0.1) is 0 Å². The first-order chi connectivity index (χ1) is 11.8. The van der Waals surface area contributed by atoms with Gasteiger partial charge in [0.05, 0.1) is 12.5 Å². The summed E-state index contributed by atoms with van der Waals surface area (Å²) in [5.41, 5.74) is 3.94. The third-order valence-electron chi connectivity index (χ3n) is 4.30. The van der Waals surface area contributed by atoms with E-state index < -0.39 is 0 Å². The van der Waals surface area contributed by atoms with Crippen molar-refractivity contribution in [1.29, 1.82) is 0 Å². The van der Waals surface area contributed by atoms with Crippen LogP contribution in [0, 0.1) is 0 Å². The van der Waals surface area contributed by atoms with E-state index in [1.807, 2.05) is 6.07 Å². The lowest BCUT2D eigenvalue weighted by atomic mass is 10.2. The minimum Gasteiger partial charge on any atom is -0.463 e. The Balaban J connectivity index is 1.36. The van der Waals surface area contributed by atoms with Crippen LogP contribution in [0.15, 0.2) is 58.2 Å². The largest absolute Gasteiger partial charge is 0.463 e. The quantitative estimate of drug-likeness (QED) is 0.457. The lowest BCUT2D eigenvalue weighted by Crippen LogP contribution is -3.28. The SMILES string of the molecule is O=C(C[NH+]1CC[NH+](Cc2ccccc2)CC1)NN=Cc1ccco1. The van der Waals surface area contributed by atoms with Gasteiger partial charge in [0, 0.05) is 5.56 Å². The summed E-state index contributed by atoms with van der Waals surface area (Å²) < 4.78 is 5.12. The molecule has 6 heteroatoms. The molecular weight excluding hydrogens is 304 g/mol. The summed E-state index contributed by atoms with van der Waals surface area (Å²) in [5.74, 6) is 0.570. The minimum atomic E-state index is -0.0562. The average molecular weight is 328 g/mol. The zero-order valence-electron chi connectivity index (χ0n) is 13.7. The number of piperazine rings is 1. The Morgan fingerprint density at radius 2 is 1.83 bits per heavy atom. The van der Waals surface area contributed by atoms with E-state index in [4.69, 9.17) is 4.42 Å². The van der Waals surface area contributed by atoms with Gasteiger partial charge >= 0.3 is 0 Å². The van der Waals surface area contributed by atoms with Crippen LogP contribution in [0.4, 0.5) is 0 Å². The van der Waals surface area contributed by atoms with E-state index in [0.717, 1.165) is 32.7 Å². The van der Waals surface area contributed by atoms with Crippen LogP contribution in [0.2, 0.25) is 0 Å². The van der Waals surface area contributed by atoms with Crippen LogP contribution < -0.4 is 15.2 Å². The number of furan rings is 1. The van der Waals surface area contributed by atoms with Gasteiger partial charge < -0.3 is 14.2 Å². The number of carbonyl (C=O) groups is 1. The predicted molar refractivity (Wildman–Crippen MR) is 90.9 cm³/mol. The number of benzene rings is 1. The fourth-order valence-electron chi connectivity index (χ4n) is 2.99. The maximum Gasteiger partial charge on any atom is 0.295 e. The molecule has 6 nitrogen and oxygen atoms in total. The van der Waals surface area contributed by atoms with Crippen LogP contribution in [0.3, 0.4) is 0 Å². The molecule has 3 rings (SSSR count). The summed E-state index contributed by atoms with van der Waals surface area (Å²) in [6, 6.07) is 14.1. The van der Waals surface area contributed by atoms with Crippen LogP contribution in [-0.2, 0) is 11.3 Å². The van der Waals surface area contributed by atoms with Crippen molar-refractivity contribution < 1.29 is 19.0 Å². The molecule has 1 amide bonds. The van der Waals surface area contributed by atoms with Gasteiger partial charge in [0.1, 0.15) is 38.5 Å². The lowest BCUT2D eigenvalue weighted by Gasteiger charge is -2.29. The van der Waals surface area contributed by atoms with Gasteiger partial charge in [0.15, 0.2) is 6.54 Å². The van der Waals surface area contributed by atoms with Crippen molar-refractivity contribution in [3.63, 3.8) is 0 Å². The summed E-state index contributed by atoms with van der Waals surface area (Å²) in [6.45, 7) is 5.73. The number of hydrogen-bond donors (Lipinski definition) is 3. The molecule has 3 N–H and O–H groups in total. The van der Waals surface area contributed by atoms with Crippen molar-refractivity contribution in [1.82, 2.24) is 5.43 Å². The third kappa shape index (κ3) is 5.04. The highest BCUT2D eigenvalue weighted by Crippen LogP contribution is 1.95. The van der Waals surface area contributed by atoms with E-state index in [9.17, 15) is 4.79 Å². The van der Waals surface area contributed by atoms with Gasteiger partial charge in [-0.25, -0.2) is 5.43 Å². The zero-order valence-corrected chi connectivity index (χ0v) is 13.7. The first kappa shape index (κ1) is 16.4. The highest BCUT2D eigenvalue weighted by molar-refractivity contribution is 5.80. The van der Waals surface area contributed by atoms with E-state index in [1.165, 1.54) is 16.7 Å². The van der Waals surface area contributed by atoms with E-state index in [2.05, 4.69) is 34.8 Å². The molecule has 1 aromatic heterocycles. The highest BCUT2D eigenvalue weighted by Gasteiger charge is 2.24. The number of rotatable bonds is 6. The molecule has 24 heavy (non-hydrogen) atoms. The molecule has 1 aliphatic rings.